The zero-order chi connectivity index (χ0) is 13.1. The Bertz CT molecular complexity index is 629. The first kappa shape index (κ1) is 11.9. The van der Waals surface area contributed by atoms with Gasteiger partial charge in [0, 0.05) is 7.05 Å². The van der Waals surface area contributed by atoms with Crippen molar-refractivity contribution >= 4 is 17.1 Å². The van der Waals surface area contributed by atoms with Crippen molar-refractivity contribution in [1.29, 1.82) is 5.26 Å². The minimum atomic E-state index is -1.12. The molecule has 0 aliphatic heterocycles. The highest BCUT2D eigenvalue weighted by Gasteiger charge is 2.27. The van der Waals surface area contributed by atoms with E-state index in [1.165, 1.54) is 11.0 Å². The van der Waals surface area contributed by atoms with Crippen LogP contribution in [0.2, 0.25) is 0 Å². The molecule has 2 aromatic rings. The first-order valence-electron chi connectivity index (χ1n) is 5.25. The molecule has 0 N–H and O–H groups in total. The topological polar surface area (TPSA) is 107 Å². The van der Waals surface area contributed by atoms with E-state index < -0.39 is 11.9 Å². The van der Waals surface area contributed by atoms with Gasteiger partial charge in [-0.05, 0) is 6.92 Å². The second-order valence-corrected chi connectivity index (χ2v) is 3.46. The molecule has 0 aromatic carbocycles. The van der Waals surface area contributed by atoms with Gasteiger partial charge in [-0.15, -0.1) is 5.10 Å². The van der Waals surface area contributed by atoms with E-state index in [0.29, 0.717) is 11.2 Å². The first-order chi connectivity index (χ1) is 8.69. The number of rotatable bonds is 3. The molecule has 8 heteroatoms. The summed E-state index contributed by atoms with van der Waals surface area (Å²) in [6, 6.07) is 1.86. The average Bonchev–Trinajstić information content (AvgIpc) is 2.74. The quantitative estimate of drug-likeness (QED) is 0.697. The van der Waals surface area contributed by atoms with Crippen molar-refractivity contribution in [2.24, 2.45) is 7.05 Å². The molecule has 0 saturated carbocycles. The Morgan fingerprint density at radius 3 is 3.06 bits per heavy atom. The maximum absolute atomic E-state index is 11.7. The van der Waals surface area contributed by atoms with Gasteiger partial charge in [0.25, 0.3) is 0 Å². The highest BCUT2D eigenvalue weighted by Crippen LogP contribution is 2.20. The van der Waals surface area contributed by atoms with Gasteiger partial charge in [-0.2, -0.15) is 5.26 Å². The van der Waals surface area contributed by atoms with E-state index in [1.54, 1.807) is 14.0 Å². The van der Waals surface area contributed by atoms with Crippen molar-refractivity contribution in [3.63, 3.8) is 0 Å². The van der Waals surface area contributed by atoms with Crippen molar-refractivity contribution in [1.82, 2.24) is 25.0 Å². The molecule has 0 amide bonds. The fraction of sp³-hybridized carbons (Fsp3) is 0.400. The summed E-state index contributed by atoms with van der Waals surface area (Å²) in [5.41, 5.74) is 1.01. The molecule has 0 bridgehead atoms. The Labute approximate surface area is 102 Å². The van der Waals surface area contributed by atoms with E-state index in [2.05, 4.69) is 20.3 Å². The number of hydrogen-bond donors (Lipinski definition) is 0. The minimum Gasteiger partial charge on any atom is -0.465 e. The van der Waals surface area contributed by atoms with Gasteiger partial charge in [-0.1, -0.05) is 5.21 Å². The highest BCUT2D eigenvalue weighted by molar-refractivity contribution is 5.86. The maximum Gasteiger partial charge on any atom is 0.329 e. The van der Waals surface area contributed by atoms with Gasteiger partial charge in [0.05, 0.1) is 12.7 Å². The number of carbonyl (C=O) groups is 1. The first-order valence-corrected chi connectivity index (χ1v) is 5.25. The lowest BCUT2D eigenvalue weighted by molar-refractivity contribution is -0.143. The lowest BCUT2D eigenvalue weighted by atomic mass is 10.1. The van der Waals surface area contributed by atoms with Crippen LogP contribution in [0.4, 0.5) is 0 Å². The lowest BCUT2D eigenvalue weighted by Crippen LogP contribution is -2.16. The fourth-order valence-electron chi connectivity index (χ4n) is 1.53. The van der Waals surface area contributed by atoms with E-state index in [4.69, 9.17) is 10.00 Å². The molecule has 0 fully saturated rings. The van der Waals surface area contributed by atoms with Crippen LogP contribution in [0.25, 0.3) is 11.2 Å². The van der Waals surface area contributed by atoms with Gasteiger partial charge in [0.15, 0.2) is 17.1 Å². The van der Waals surface area contributed by atoms with Crippen LogP contribution < -0.4 is 0 Å². The van der Waals surface area contributed by atoms with Crippen molar-refractivity contribution < 1.29 is 9.53 Å². The largest absolute Gasteiger partial charge is 0.465 e. The van der Waals surface area contributed by atoms with Crippen LogP contribution in [0.1, 0.15) is 18.5 Å². The molecule has 2 heterocycles. The van der Waals surface area contributed by atoms with E-state index in [-0.39, 0.29) is 12.3 Å². The Morgan fingerprint density at radius 2 is 2.39 bits per heavy atom. The summed E-state index contributed by atoms with van der Waals surface area (Å²) in [6.07, 6.45) is 1.27. The summed E-state index contributed by atoms with van der Waals surface area (Å²) in [4.78, 5) is 19.6. The molecule has 8 nitrogen and oxygen atoms in total. The highest BCUT2D eigenvalue weighted by atomic mass is 16.5. The molecule has 0 aliphatic rings. The number of carbonyl (C=O) groups excluding carboxylic acids is 1. The predicted octanol–water partition coefficient (Wildman–Crippen LogP) is -0.0714. The van der Waals surface area contributed by atoms with Gasteiger partial charge in [-0.25, -0.2) is 14.6 Å². The number of nitriles is 1. The Balaban J connectivity index is 2.52. The van der Waals surface area contributed by atoms with Crippen molar-refractivity contribution in [2.45, 2.75) is 12.8 Å². The van der Waals surface area contributed by atoms with Crippen LogP contribution in [0.15, 0.2) is 6.33 Å². The zero-order valence-electron chi connectivity index (χ0n) is 9.86. The molecular weight excluding hydrogens is 236 g/mol. The summed E-state index contributed by atoms with van der Waals surface area (Å²) in [5, 5.41) is 16.7. The summed E-state index contributed by atoms with van der Waals surface area (Å²) >= 11 is 0. The number of nitrogens with zero attached hydrogens (tertiary/aromatic N) is 6. The molecule has 18 heavy (non-hydrogen) atoms. The Hall–Kier alpha value is -2.56. The molecule has 92 valence electrons. The van der Waals surface area contributed by atoms with Crippen LogP contribution in [-0.4, -0.2) is 37.5 Å². The Morgan fingerprint density at radius 1 is 1.61 bits per heavy atom. The number of esters is 1. The SMILES string of the molecule is CCOC(=O)C(C#N)c1ncnc2c1nnn2C. The molecule has 2 aromatic heterocycles. The molecule has 1 atom stereocenters. The smallest absolute Gasteiger partial charge is 0.329 e. The number of hydrogen-bond acceptors (Lipinski definition) is 7. The van der Waals surface area contributed by atoms with Crippen LogP contribution >= 0.6 is 0 Å². The van der Waals surface area contributed by atoms with Crippen molar-refractivity contribution in [3.05, 3.63) is 12.0 Å². The molecule has 0 saturated heterocycles. The number of aryl methyl sites for hydroxylation is 1. The van der Waals surface area contributed by atoms with E-state index in [9.17, 15) is 4.79 Å². The Kier molecular flexibility index (Phi) is 3.14. The third-order valence-corrected chi connectivity index (χ3v) is 2.34. The molecular formula is C10H10N6O2. The van der Waals surface area contributed by atoms with E-state index in [0.717, 1.165) is 0 Å². The minimum absolute atomic E-state index is 0.200. The summed E-state index contributed by atoms with van der Waals surface area (Å²) in [5.74, 6) is -1.77. The van der Waals surface area contributed by atoms with Gasteiger partial charge < -0.3 is 4.74 Å². The van der Waals surface area contributed by atoms with Crippen LogP contribution in [-0.2, 0) is 16.6 Å². The predicted molar refractivity (Wildman–Crippen MR) is 59.1 cm³/mol. The third kappa shape index (κ3) is 1.86. The summed E-state index contributed by atoms with van der Waals surface area (Å²) in [6.45, 7) is 1.87. The van der Waals surface area contributed by atoms with Crippen LogP contribution in [0, 0.1) is 11.3 Å². The summed E-state index contributed by atoms with van der Waals surface area (Å²) < 4.78 is 6.27. The molecule has 0 aliphatic carbocycles. The number of ether oxygens (including phenoxy) is 1. The molecule has 0 spiro atoms. The second-order valence-electron chi connectivity index (χ2n) is 3.46. The molecule has 1 unspecified atom stereocenters. The third-order valence-electron chi connectivity index (χ3n) is 2.34. The van der Waals surface area contributed by atoms with E-state index >= 15 is 0 Å². The fourth-order valence-corrected chi connectivity index (χ4v) is 1.53. The van der Waals surface area contributed by atoms with Gasteiger partial charge in [0.2, 0.25) is 0 Å². The number of aromatic nitrogens is 5. The standard InChI is InChI=1S/C10H10N6O2/c1-3-18-10(17)6(4-11)7-8-9(13-5-12-7)16(2)15-14-8/h5-6H,3H2,1-2H3. The summed E-state index contributed by atoms with van der Waals surface area (Å²) in [7, 11) is 1.66. The van der Waals surface area contributed by atoms with Gasteiger partial charge in [0.1, 0.15) is 12.0 Å². The second kappa shape index (κ2) is 4.75. The van der Waals surface area contributed by atoms with Gasteiger partial charge in [-0.3, -0.25) is 4.79 Å². The zero-order valence-corrected chi connectivity index (χ0v) is 9.86. The van der Waals surface area contributed by atoms with E-state index in [1.807, 2.05) is 6.07 Å². The maximum atomic E-state index is 11.7. The molecule has 0 radical (unpaired) electrons. The van der Waals surface area contributed by atoms with Crippen LogP contribution in [0.5, 0.6) is 0 Å². The lowest BCUT2D eigenvalue weighted by Gasteiger charge is -2.07. The molecule has 2 rings (SSSR count). The van der Waals surface area contributed by atoms with Crippen molar-refractivity contribution in [2.75, 3.05) is 6.61 Å². The van der Waals surface area contributed by atoms with Crippen LogP contribution in [0.3, 0.4) is 0 Å². The monoisotopic (exact) mass is 246 g/mol. The van der Waals surface area contributed by atoms with Gasteiger partial charge >= 0.3 is 5.97 Å². The van der Waals surface area contributed by atoms with Crippen molar-refractivity contribution in [3.8, 4) is 6.07 Å². The average molecular weight is 246 g/mol. The number of fused-ring (bicyclic) bond motifs is 1. The normalized spacial score (nSPS) is 12.1.